The number of alkyl halides is 3. The van der Waals surface area contributed by atoms with Crippen molar-refractivity contribution in [3.05, 3.63) is 34.9 Å². The SMILES string of the molecule is Cc1ccc(CN2CCCC(C(C)(O)C(F)(F)F)C2)cc1C. The van der Waals surface area contributed by atoms with Gasteiger partial charge in [-0.05, 0) is 56.8 Å². The minimum absolute atomic E-state index is 0.277. The first kappa shape index (κ1) is 17.3. The van der Waals surface area contributed by atoms with Gasteiger partial charge in [-0.2, -0.15) is 13.2 Å². The normalized spacial score (nSPS) is 23.3. The Morgan fingerprint density at radius 1 is 1.23 bits per heavy atom. The van der Waals surface area contributed by atoms with Crippen LogP contribution in [-0.4, -0.2) is 34.9 Å². The van der Waals surface area contributed by atoms with E-state index < -0.39 is 17.7 Å². The van der Waals surface area contributed by atoms with Crippen molar-refractivity contribution in [3.63, 3.8) is 0 Å². The van der Waals surface area contributed by atoms with Gasteiger partial charge in [-0.1, -0.05) is 18.2 Å². The molecule has 1 heterocycles. The van der Waals surface area contributed by atoms with Gasteiger partial charge < -0.3 is 5.11 Å². The molecule has 0 spiro atoms. The molecule has 0 bridgehead atoms. The van der Waals surface area contributed by atoms with E-state index >= 15 is 0 Å². The van der Waals surface area contributed by atoms with Crippen LogP contribution in [-0.2, 0) is 6.54 Å². The molecule has 2 nitrogen and oxygen atoms in total. The molecule has 2 unspecified atom stereocenters. The molecule has 124 valence electrons. The topological polar surface area (TPSA) is 23.5 Å². The van der Waals surface area contributed by atoms with Gasteiger partial charge in [0.2, 0.25) is 0 Å². The van der Waals surface area contributed by atoms with Crippen LogP contribution in [0, 0.1) is 19.8 Å². The van der Waals surface area contributed by atoms with Gasteiger partial charge in [0.15, 0.2) is 5.60 Å². The fourth-order valence-electron chi connectivity index (χ4n) is 3.05. The van der Waals surface area contributed by atoms with Crippen molar-refractivity contribution in [2.75, 3.05) is 13.1 Å². The first-order valence-electron chi connectivity index (χ1n) is 7.69. The van der Waals surface area contributed by atoms with Crippen LogP contribution in [0.2, 0.25) is 0 Å². The number of nitrogens with zero attached hydrogens (tertiary/aromatic N) is 1. The molecule has 22 heavy (non-hydrogen) atoms. The van der Waals surface area contributed by atoms with Gasteiger partial charge in [0.05, 0.1) is 0 Å². The van der Waals surface area contributed by atoms with Crippen molar-refractivity contribution in [3.8, 4) is 0 Å². The lowest BCUT2D eigenvalue weighted by atomic mass is 9.82. The first-order chi connectivity index (χ1) is 10.1. The molecule has 2 atom stereocenters. The van der Waals surface area contributed by atoms with Crippen LogP contribution in [0.15, 0.2) is 18.2 Å². The number of likely N-dealkylation sites (tertiary alicyclic amines) is 1. The maximum Gasteiger partial charge on any atom is 0.417 e. The average Bonchev–Trinajstić information content (AvgIpc) is 2.42. The van der Waals surface area contributed by atoms with Gasteiger partial charge in [0.1, 0.15) is 0 Å². The number of benzene rings is 1. The summed E-state index contributed by atoms with van der Waals surface area (Å²) >= 11 is 0. The van der Waals surface area contributed by atoms with E-state index in [0.717, 1.165) is 19.0 Å². The number of rotatable bonds is 3. The zero-order valence-electron chi connectivity index (χ0n) is 13.4. The maximum absolute atomic E-state index is 13.0. The number of hydrogen-bond donors (Lipinski definition) is 1. The highest BCUT2D eigenvalue weighted by molar-refractivity contribution is 5.29. The Balaban J connectivity index is 2.06. The summed E-state index contributed by atoms with van der Waals surface area (Å²) in [4.78, 5) is 2.01. The van der Waals surface area contributed by atoms with E-state index in [4.69, 9.17) is 0 Å². The average molecular weight is 315 g/mol. The van der Waals surface area contributed by atoms with Gasteiger partial charge in [-0.15, -0.1) is 0 Å². The van der Waals surface area contributed by atoms with Crippen LogP contribution >= 0.6 is 0 Å². The third-order valence-corrected chi connectivity index (χ3v) is 4.85. The molecule has 0 aromatic heterocycles. The molecule has 0 saturated carbocycles. The van der Waals surface area contributed by atoms with E-state index in [2.05, 4.69) is 6.07 Å². The first-order valence-corrected chi connectivity index (χ1v) is 7.69. The smallest absolute Gasteiger partial charge is 0.380 e. The molecule has 2 rings (SSSR count). The summed E-state index contributed by atoms with van der Waals surface area (Å²) < 4.78 is 39.0. The van der Waals surface area contributed by atoms with E-state index in [-0.39, 0.29) is 6.54 Å². The van der Waals surface area contributed by atoms with Gasteiger partial charge in [0.25, 0.3) is 0 Å². The number of aryl methyl sites for hydroxylation is 2. The number of aliphatic hydroxyl groups is 1. The van der Waals surface area contributed by atoms with E-state index in [1.165, 1.54) is 11.1 Å². The van der Waals surface area contributed by atoms with Crippen LogP contribution in [0.1, 0.15) is 36.5 Å². The van der Waals surface area contributed by atoms with Crippen molar-refractivity contribution >= 4 is 0 Å². The Morgan fingerprint density at radius 2 is 1.91 bits per heavy atom. The zero-order valence-corrected chi connectivity index (χ0v) is 13.4. The number of hydrogen-bond acceptors (Lipinski definition) is 2. The van der Waals surface area contributed by atoms with Gasteiger partial charge in [0, 0.05) is 19.0 Å². The molecule has 1 N–H and O–H groups in total. The highest BCUT2D eigenvalue weighted by Crippen LogP contribution is 2.39. The summed E-state index contributed by atoms with van der Waals surface area (Å²) in [7, 11) is 0. The summed E-state index contributed by atoms with van der Waals surface area (Å²) in [6.45, 7) is 6.66. The zero-order chi connectivity index (χ0) is 16.5. The summed E-state index contributed by atoms with van der Waals surface area (Å²) in [5.74, 6) is -0.771. The minimum Gasteiger partial charge on any atom is -0.380 e. The lowest BCUT2D eigenvalue weighted by Crippen LogP contribution is -2.54. The Morgan fingerprint density at radius 3 is 2.50 bits per heavy atom. The predicted octanol–water partition coefficient (Wildman–Crippen LogP) is 3.83. The number of halogens is 3. The fourth-order valence-corrected chi connectivity index (χ4v) is 3.05. The summed E-state index contributed by atoms with van der Waals surface area (Å²) in [6.07, 6.45) is -3.49. The Labute approximate surface area is 129 Å². The third-order valence-electron chi connectivity index (χ3n) is 4.85. The van der Waals surface area contributed by atoms with E-state index in [0.29, 0.717) is 19.4 Å². The summed E-state index contributed by atoms with van der Waals surface area (Å²) in [6, 6.07) is 6.15. The van der Waals surface area contributed by atoms with Crippen molar-refractivity contribution < 1.29 is 18.3 Å². The second kappa shape index (κ2) is 6.20. The van der Waals surface area contributed by atoms with E-state index in [1.54, 1.807) is 0 Å². The van der Waals surface area contributed by atoms with Gasteiger partial charge >= 0.3 is 6.18 Å². The quantitative estimate of drug-likeness (QED) is 0.916. The molecular weight excluding hydrogens is 291 g/mol. The lowest BCUT2D eigenvalue weighted by molar-refractivity contribution is -0.276. The second-order valence-electron chi connectivity index (χ2n) is 6.64. The third kappa shape index (κ3) is 3.63. The van der Waals surface area contributed by atoms with Crippen molar-refractivity contribution in [2.45, 2.75) is 51.9 Å². The predicted molar refractivity (Wildman–Crippen MR) is 80.6 cm³/mol. The van der Waals surface area contributed by atoms with Crippen LogP contribution in [0.25, 0.3) is 0 Å². The molecular formula is C17H24F3NO. The standard InChI is InChI=1S/C17H24F3NO/c1-12-6-7-14(9-13(12)2)10-21-8-4-5-15(11-21)16(3,22)17(18,19)20/h6-7,9,15,22H,4-5,8,10-11H2,1-3H3. The number of piperidine rings is 1. The summed E-state index contributed by atoms with van der Waals surface area (Å²) in [5, 5.41) is 9.89. The minimum atomic E-state index is -4.58. The molecule has 1 aromatic rings. The van der Waals surface area contributed by atoms with Crippen molar-refractivity contribution in [1.82, 2.24) is 4.90 Å². The largest absolute Gasteiger partial charge is 0.417 e. The molecule has 0 amide bonds. The molecule has 0 radical (unpaired) electrons. The lowest BCUT2D eigenvalue weighted by Gasteiger charge is -2.41. The molecule has 0 aliphatic carbocycles. The fraction of sp³-hybridized carbons (Fsp3) is 0.647. The van der Waals surface area contributed by atoms with Crippen LogP contribution < -0.4 is 0 Å². The molecule has 5 heteroatoms. The van der Waals surface area contributed by atoms with Crippen molar-refractivity contribution in [2.24, 2.45) is 5.92 Å². The molecule has 1 aromatic carbocycles. The van der Waals surface area contributed by atoms with Crippen LogP contribution in [0.4, 0.5) is 13.2 Å². The molecule has 1 saturated heterocycles. The Kier molecular flexibility index (Phi) is 4.87. The monoisotopic (exact) mass is 315 g/mol. The van der Waals surface area contributed by atoms with E-state index in [1.807, 2.05) is 30.9 Å². The molecule has 1 fully saturated rings. The highest BCUT2D eigenvalue weighted by atomic mass is 19.4. The van der Waals surface area contributed by atoms with Gasteiger partial charge in [-0.25, -0.2) is 0 Å². The van der Waals surface area contributed by atoms with Crippen LogP contribution in [0.5, 0.6) is 0 Å². The molecule has 1 aliphatic heterocycles. The Hall–Kier alpha value is -1.07. The van der Waals surface area contributed by atoms with E-state index in [9.17, 15) is 18.3 Å². The maximum atomic E-state index is 13.0. The Bertz CT molecular complexity index is 525. The second-order valence-corrected chi connectivity index (χ2v) is 6.64. The highest BCUT2D eigenvalue weighted by Gasteiger charge is 2.55. The van der Waals surface area contributed by atoms with Gasteiger partial charge in [-0.3, -0.25) is 4.90 Å². The molecule has 1 aliphatic rings. The van der Waals surface area contributed by atoms with Crippen molar-refractivity contribution in [1.29, 1.82) is 0 Å². The van der Waals surface area contributed by atoms with Crippen LogP contribution in [0.3, 0.4) is 0 Å². The summed E-state index contributed by atoms with van der Waals surface area (Å²) in [5.41, 5.74) is 0.888.